The first-order chi connectivity index (χ1) is 14.4. The lowest BCUT2D eigenvalue weighted by molar-refractivity contribution is 0.279. The van der Waals surface area contributed by atoms with E-state index in [4.69, 9.17) is 9.73 Å². The van der Waals surface area contributed by atoms with Crippen molar-refractivity contribution in [1.82, 2.24) is 14.5 Å². The Hall–Kier alpha value is -2.00. The molecule has 1 aromatic rings. The van der Waals surface area contributed by atoms with Crippen LogP contribution in [0.5, 0.6) is 5.75 Å². The van der Waals surface area contributed by atoms with Gasteiger partial charge in [0.1, 0.15) is 5.75 Å². The molecule has 2 heterocycles. The Labute approximate surface area is 180 Å². The Morgan fingerprint density at radius 2 is 1.80 bits per heavy atom. The van der Waals surface area contributed by atoms with Gasteiger partial charge in [-0.1, -0.05) is 12.1 Å². The third-order valence-corrected chi connectivity index (χ3v) is 7.18. The minimum Gasteiger partial charge on any atom is -0.495 e. The highest BCUT2D eigenvalue weighted by Crippen LogP contribution is 2.28. The van der Waals surface area contributed by atoms with Gasteiger partial charge in [0.05, 0.1) is 19.1 Å². The van der Waals surface area contributed by atoms with Gasteiger partial charge in [-0.3, -0.25) is 4.99 Å². The number of rotatable bonds is 6. The lowest BCUT2D eigenvalue weighted by Crippen LogP contribution is -2.52. The fourth-order valence-corrected chi connectivity index (χ4v) is 4.99. The van der Waals surface area contributed by atoms with Crippen LogP contribution in [-0.2, 0) is 10.0 Å². The van der Waals surface area contributed by atoms with Crippen molar-refractivity contribution < 1.29 is 13.2 Å². The minimum absolute atomic E-state index is 0.437. The molecule has 0 radical (unpaired) electrons. The third-order valence-electron chi connectivity index (χ3n) is 5.88. The fraction of sp³-hybridized carbons (Fsp3) is 0.667. The number of hydrogen-bond donors (Lipinski definition) is 1. The van der Waals surface area contributed by atoms with Gasteiger partial charge in [-0.25, -0.2) is 12.7 Å². The summed E-state index contributed by atoms with van der Waals surface area (Å²) in [5.41, 5.74) is 1.14. The minimum atomic E-state index is -3.08. The van der Waals surface area contributed by atoms with Crippen LogP contribution in [0, 0.1) is 5.92 Å². The summed E-state index contributed by atoms with van der Waals surface area (Å²) in [6, 6.07) is 8.15. The number of anilines is 1. The van der Waals surface area contributed by atoms with E-state index in [0.717, 1.165) is 69.5 Å². The van der Waals surface area contributed by atoms with Crippen molar-refractivity contribution in [2.45, 2.75) is 19.8 Å². The molecule has 0 saturated carbocycles. The number of sulfonamides is 1. The summed E-state index contributed by atoms with van der Waals surface area (Å²) in [5, 5.41) is 3.43. The number of nitrogens with zero attached hydrogens (tertiary/aromatic N) is 4. The topological polar surface area (TPSA) is 77.5 Å². The van der Waals surface area contributed by atoms with Gasteiger partial charge in [0.25, 0.3) is 0 Å². The Morgan fingerprint density at radius 1 is 1.13 bits per heavy atom. The second-order valence-corrected chi connectivity index (χ2v) is 9.93. The van der Waals surface area contributed by atoms with Crippen molar-refractivity contribution >= 4 is 21.7 Å². The number of nitrogens with one attached hydrogen (secondary N) is 1. The van der Waals surface area contributed by atoms with Gasteiger partial charge in [0.15, 0.2) is 5.96 Å². The molecule has 2 fully saturated rings. The second-order valence-electron chi connectivity index (χ2n) is 7.95. The molecule has 30 heavy (non-hydrogen) atoms. The van der Waals surface area contributed by atoms with Gasteiger partial charge in [-0.15, -0.1) is 0 Å². The lowest BCUT2D eigenvalue weighted by Gasteiger charge is -2.38. The first kappa shape index (κ1) is 22.7. The maximum absolute atomic E-state index is 11.7. The third kappa shape index (κ3) is 5.78. The van der Waals surface area contributed by atoms with Crippen LogP contribution in [0.3, 0.4) is 0 Å². The summed E-state index contributed by atoms with van der Waals surface area (Å²) >= 11 is 0. The zero-order valence-electron chi connectivity index (χ0n) is 18.4. The van der Waals surface area contributed by atoms with Crippen molar-refractivity contribution in [3.05, 3.63) is 24.3 Å². The van der Waals surface area contributed by atoms with Crippen molar-refractivity contribution in [3.63, 3.8) is 0 Å². The van der Waals surface area contributed by atoms with Crippen LogP contribution < -0.4 is 15.0 Å². The number of hydrogen-bond acceptors (Lipinski definition) is 5. The normalized spacial score (nSPS) is 19.8. The van der Waals surface area contributed by atoms with Crippen LogP contribution in [0.15, 0.2) is 29.3 Å². The molecule has 0 unspecified atom stereocenters. The summed E-state index contributed by atoms with van der Waals surface area (Å²) in [5.74, 6) is 2.31. The van der Waals surface area contributed by atoms with E-state index < -0.39 is 10.0 Å². The highest BCUT2D eigenvalue weighted by molar-refractivity contribution is 7.88. The number of benzene rings is 1. The molecule has 3 rings (SSSR count). The van der Waals surface area contributed by atoms with Crippen LogP contribution in [0.4, 0.5) is 5.69 Å². The summed E-state index contributed by atoms with van der Waals surface area (Å²) in [4.78, 5) is 9.58. The smallest absolute Gasteiger partial charge is 0.211 e. The van der Waals surface area contributed by atoms with Crippen LogP contribution in [0.25, 0.3) is 0 Å². The lowest BCUT2D eigenvalue weighted by atomic mass is 9.98. The number of guanidine groups is 1. The van der Waals surface area contributed by atoms with E-state index in [9.17, 15) is 8.42 Å². The molecule has 0 aromatic heterocycles. The first-order valence-electron chi connectivity index (χ1n) is 10.8. The molecule has 2 saturated heterocycles. The first-order valence-corrected chi connectivity index (χ1v) is 12.6. The molecule has 9 heteroatoms. The molecule has 8 nitrogen and oxygen atoms in total. The van der Waals surface area contributed by atoms with Gasteiger partial charge >= 0.3 is 0 Å². The van der Waals surface area contributed by atoms with Crippen LogP contribution >= 0.6 is 0 Å². The van der Waals surface area contributed by atoms with Gasteiger partial charge < -0.3 is 19.9 Å². The van der Waals surface area contributed by atoms with Crippen LogP contribution in [-0.4, -0.2) is 89.3 Å². The summed E-state index contributed by atoms with van der Waals surface area (Å²) in [7, 11) is -1.36. The average molecular weight is 438 g/mol. The van der Waals surface area contributed by atoms with E-state index in [1.807, 2.05) is 18.2 Å². The Balaban J connectivity index is 1.55. The zero-order valence-corrected chi connectivity index (χ0v) is 19.2. The number of para-hydroxylation sites is 2. The second kappa shape index (κ2) is 10.3. The molecule has 0 bridgehead atoms. The van der Waals surface area contributed by atoms with Gasteiger partial charge in [-0.05, 0) is 37.8 Å². The fourth-order valence-electron chi connectivity index (χ4n) is 4.12. The van der Waals surface area contributed by atoms with E-state index in [2.05, 4.69) is 28.1 Å². The summed E-state index contributed by atoms with van der Waals surface area (Å²) < 4.78 is 30.5. The number of ether oxygens (including phenoxy) is 1. The van der Waals surface area contributed by atoms with Crippen molar-refractivity contribution in [2.75, 3.05) is 70.6 Å². The maximum Gasteiger partial charge on any atom is 0.211 e. The quantitative estimate of drug-likeness (QED) is 0.536. The van der Waals surface area contributed by atoms with Gasteiger partial charge in [0, 0.05) is 52.4 Å². The molecule has 2 aliphatic rings. The number of methoxy groups -OCH3 is 1. The predicted molar refractivity (Wildman–Crippen MR) is 122 cm³/mol. The zero-order chi connectivity index (χ0) is 21.6. The summed E-state index contributed by atoms with van der Waals surface area (Å²) in [6.07, 6.45) is 3.04. The maximum atomic E-state index is 11.7. The molecular weight excluding hydrogens is 402 g/mol. The van der Waals surface area contributed by atoms with Crippen molar-refractivity contribution in [2.24, 2.45) is 10.9 Å². The molecule has 0 atom stereocenters. The molecule has 1 aromatic carbocycles. The number of piperidine rings is 1. The molecule has 0 amide bonds. The number of aliphatic imine (C=N–C) groups is 1. The molecule has 168 valence electrons. The summed E-state index contributed by atoms with van der Waals surface area (Å²) in [6.45, 7) is 8.50. The Kier molecular flexibility index (Phi) is 7.82. The van der Waals surface area contributed by atoms with Crippen LogP contribution in [0.2, 0.25) is 0 Å². The Morgan fingerprint density at radius 3 is 2.40 bits per heavy atom. The van der Waals surface area contributed by atoms with E-state index in [1.165, 1.54) is 6.26 Å². The standard InChI is InChI=1S/C21H35N5O3S/c1-4-22-21(23-17-18-9-11-26(12-10-18)30(3,27)28)25-15-13-24(14-16-25)19-7-5-6-8-20(19)29-2/h5-8,18H,4,9-17H2,1-3H3,(H,22,23). The molecule has 2 aliphatic heterocycles. The monoisotopic (exact) mass is 437 g/mol. The number of piperazine rings is 1. The largest absolute Gasteiger partial charge is 0.495 e. The van der Waals surface area contributed by atoms with Crippen molar-refractivity contribution in [1.29, 1.82) is 0 Å². The molecule has 0 aliphatic carbocycles. The van der Waals surface area contributed by atoms with E-state index in [0.29, 0.717) is 19.0 Å². The van der Waals surface area contributed by atoms with E-state index >= 15 is 0 Å². The predicted octanol–water partition coefficient (Wildman–Crippen LogP) is 1.45. The molecule has 0 spiro atoms. The highest BCUT2D eigenvalue weighted by Gasteiger charge is 2.26. The highest BCUT2D eigenvalue weighted by atomic mass is 32.2. The van der Waals surface area contributed by atoms with Crippen molar-refractivity contribution in [3.8, 4) is 5.75 Å². The molecular formula is C21H35N5O3S. The Bertz CT molecular complexity index is 814. The van der Waals surface area contributed by atoms with Crippen LogP contribution in [0.1, 0.15) is 19.8 Å². The van der Waals surface area contributed by atoms with Gasteiger partial charge in [0.2, 0.25) is 10.0 Å². The van der Waals surface area contributed by atoms with E-state index in [1.54, 1.807) is 11.4 Å². The molecule has 1 N–H and O–H groups in total. The SMILES string of the molecule is CCNC(=NCC1CCN(S(C)(=O)=O)CC1)N1CCN(c2ccccc2OC)CC1. The average Bonchev–Trinajstić information content (AvgIpc) is 2.76. The van der Waals surface area contributed by atoms with Gasteiger partial charge in [-0.2, -0.15) is 0 Å². The van der Waals surface area contributed by atoms with E-state index in [-0.39, 0.29) is 0 Å².